The molecule has 1 aromatic rings. The van der Waals surface area contributed by atoms with Crippen LogP contribution >= 0.6 is 0 Å². The van der Waals surface area contributed by atoms with Crippen molar-refractivity contribution in [3.05, 3.63) is 28.4 Å². The number of amides is 2. The van der Waals surface area contributed by atoms with Crippen LogP contribution in [0.3, 0.4) is 0 Å². The first kappa shape index (κ1) is 15.9. The summed E-state index contributed by atoms with van der Waals surface area (Å²) in [6.45, 7) is 4.77. The molecule has 0 aliphatic carbocycles. The van der Waals surface area contributed by atoms with E-state index in [4.69, 9.17) is 4.74 Å². The van der Waals surface area contributed by atoms with Crippen LogP contribution in [-0.2, 0) is 4.74 Å². The molecule has 22 heavy (non-hydrogen) atoms. The fourth-order valence-corrected chi connectivity index (χ4v) is 1.70. The number of rotatable bonds is 2. The Morgan fingerprint density at radius 3 is 2.32 bits per heavy atom. The summed E-state index contributed by atoms with van der Waals surface area (Å²) in [5, 5.41) is -0.304. The van der Waals surface area contributed by atoms with Crippen LogP contribution in [0.25, 0.3) is 0 Å². The van der Waals surface area contributed by atoms with Gasteiger partial charge in [-0.15, -0.1) is 13.2 Å². The summed E-state index contributed by atoms with van der Waals surface area (Å²) < 4.78 is 45.8. The maximum Gasteiger partial charge on any atom is 0.573 e. The van der Waals surface area contributed by atoms with E-state index in [1.165, 1.54) is 0 Å². The number of hydrogen-bond donors (Lipinski definition) is 0. The minimum Gasteiger partial charge on any atom is -0.456 e. The van der Waals surface area contributed by atoms with E-state index in [0.29, 0.717) is 0 Å². The zero-order valence-electron chi connectivity index (χ0n) is 11.8. The van der Waals surface area contributed by atoms with Gasteiger partial charge in [0.25, 0.3) is 0 Å². The fourth-order valence-electron chi connectivity index (χ4n) is 1.70. The maximum absolute atomic E-state index is 12.3. The van der Waals surface area contributed by atoms with Crippen LogP contribution in [0, 0.1) is 0 Å². The fraction of sp³-hybridized carbons (Fsp3) is 0.385. The normalized spacial score (nSPS) is 14.0. The van der Waals surface area contributed by atoms with E-state index in [-0.39, 0.29) is 16.3 Å². The second-order valence-corrected chi connectivity index (χ2v) is 5.39. The summed E-state index contributed by atoms with van der Waals surface area (Å²) in [5.41, 5.74) is -1.19. The second-order valence-electron chi connectivity index (χ2n) is 5.39. The number of esters is 1. The Bertz CT molecular complexity index is 763. The molecule has 0 N–H and O–H groups in total. The van der Waals surface area contributed by atoms with Crippen molar-refractivity contribution in [1.29, 1.82) is 0 Å². The van der Waals surface area contributed by atoms with Crippen molar-refractivity contribution in [2.24, 2.45) is 9.98 Å². The van der Waals surface area contributed by atoms with Crippen molar-refractivity contribution < 1.29 is 32.2 Å². The molecule has 0 spiro atoms. The number of carbonyl (C=O) groups excluding carboxylic acids is 2. The standard InChI is InChI=1S/C13H11F3N2O4/c1-12(2,3)22-10(19)7-4-6(21-13(14,15)16)5-8-9(7)18-11(20)17-8/h4-5H,1-3H3. The molecule has 0 atom stereocenters. The molecular formula is C13H11F3N2O4. The van der Waals surface area contributed by atoms with Crippen LogP contribution in [0.2, 0.25) is 0 Å². The minimum absolute atomic E-state index is 0.131. The van der Waals surface area contributed by atoms with Crippen molar-refractivity contribution in [2.75, 3.05) is 0 Å². The topological polar surface area (TPSA) is 77.3 Å². The van der Waals surface area contributed by atoms with Crippen LogP contribution < -0.4 is 15.5 Å². The molecule has 1 aromatic carbocycles. The van der Waals surface area contributed by atoms with Crippen molar-refractivity contribution in [3.63, 3.8) is 0 Å². The molecule has 9 heteroatoms. The molecule has 1 aliphatic rings. The van der Waals surface area contributed by atoms with Crippen LogP contribution in [0.5, 0.6) is 5.75 Å². The number of carbonyl (C=O) groups is 2. The highest BCUT2D eigenvalue weighted by molar-refractivity contribution is 5.91. The van der Waals surface area contributed by atoms with Crippen molar-refractivity contribution >= 4 is 12.0 Å². The van der Waals surface area contributed by atoms with Gasteiger partial charge in [-0.05, 0) is 26.8 Å². The number of halogens is 3. The molecule has 0 saturated carbocycles. The van der Waals surface area contributed by atoms with Crippen LogP contribution in [-0.4, -0.2) is 24.0 Å². The van der Waals surface area contributed by atoms with E-state index in [2.05, 4.69) is 14.7 Å². The third-order valence-corrected chi connectivity index (χ3v) is 2.34. The molecule has 1 heterocycles. The lowest BCUT2D eigenvalue weighted by Crippen LogP contribution is -2.33. The third-order valence-electron chi connectivity index (χ3n) is 2.34. The number of urea groups is 1. The van der Waals surface area contributed by atoms with E-state index >= 15 is 0 Å². The summed E-state index contributed by atoms with van der Waals surface area (Å²) in [7, 11) is 0. The first-order valence-electron chi connectivity index (χ1n) is 6.09. The highest BCUT2D eigenvalue weighted by Crippen LogP contribution is 2.22. The number of ether oxygens (including phenoxy) is 2. The number of hydrogen-bond acceptors (Lipinski definition) is 4. The minimum atomic E-state index is -4.95. The largest absolute Gasteiger partial charge is 0.573 e. The van der Waals surface area contributed by atoms with Gasteiger partial charge in [-0.25, -0.2) is 9.59 Å². The van der Waals surface area contributed by atoms with Crippen molar-refractivity contribution in [1.82, 2.24) is 0 Å². The molecule has 0 bridgehead atoms. The predicted octanol–water partition coefficient (Wildman–Crippen LogP) is 1.91. The molecular weight excluding hydrogens is 305 g/mol. The maximum atomic E-state index is 12.3. The van der Waals surface area contributed by atoms with Gasteiger partial charge in [0.1, 0.15) is 16.7 Å². The van der Waals surface area contributed by atoms with Gasteiger partial charge in [0.15, 0.2) is 0 Å². The number of nitrogens with zero attached hydrogens (tertiary/aromatic N) is 2. The van der Waals surface area contributed by atoms with Crippen molar-refractivity contribution in [2.45, 2.75) is 32.7 Å². The summed E-state index contributed by atoms with van der Waals surface area (Å²) in [6.07, 6.45) is -4.95. The zero-order chi connectivity index (χ0) is 16.7. The molecule has 0 radical (unpaired) electrons. The lowest BCUT2D eigenvalue weighted by Gasteiger charge is -2.19. The molecule has 2 amide bonds. The third kappa shape index (κ3) is 3.80. The Hall–Kier alpha value is -2.45. The SMILES string of the molecule is CC(C)(C)OC(=O)c1cc(OC(F)(F)F)cc2c1=NC(=O)N=2. The monoisotopic (exact) mass is 316 g/mol. The highest BCUT2D eigenvalue weighted by Gasteiger charge is 2.32. The van der Waals surface area contributed by atoms with Crippen LogP contribution in [0.15, 0.2) is 22.1 Å². The van der Waals surface area contributed by atoms with E-state index in [0.717, 1.165) is 12.1 Å². The summed E-state index contributed by atoms with van der Waals surface area (Å²) in [4.78, 5) is 30.2. The number of benzene rings is 1. The molecule has 118 valence electrons. The molecule has 0 aromatic heterocycles. The van der Waals surface area contributed by atoms with Gasteiger partial charge >= 0.3 is 18.4 Å². The van der Waals surface area contributed by atoms with Gasteiger partial charge in [0.05, 0.1) is 10.9 Å². The highest BCUT2D eigenvalue weighted by atomic mass is 19.4. The average Bonchev–Trinajstić information content (AvgIpc) is 2.63. The first-order chi connectivity index (χ1) is 9.94. The van der Waals surface area contributed by atoms with Gasteiger partial charge in [0, 0.05) is 6.07 Å². The van der Waals surface area contributed by atoms with Gasteiger partial charge in [-0.2, -0.15) is 9.98 Å². The lowest BCUT2D eigenvalue weighted by atomic mass is 10.1. The summed E-state index contributed by atoms with van der Waals surface area (Å²) >= 11 is 0. The Morgan fingerprint density at radius 2 is 1.77 bits per heavy atom. The van der Waals surface area contributed by atoms with Crippen LogP contribution in [0.1, 0.15) is 31.1 Å². The molecule has 0 fully saturated rings. The Balaban J connectivity index is 2.54. The van der Waals surface area contributed by atoms with Gasteiger partial charge < -0.3 is 9.47 Å². The molecule has 1 aliphatic heterocycles. The Morgan fingerprint density at radius 1 is 1.14 bits per heavy atom. The van der Waals surface area contributed by atoms with Gasteiger partial charge in [-0.1, -0.05) is 0 Å². The quantitative estimate of drug-likeness (QED) is 0.781. The zero-order valence-corrected chi connectivity index (χ0v) is 11.8. The average molecular weight is 316 g/mol. The second kappa shape index (κ2) is 5.08. The molecule has 0 unspecified atom stereocenters. The molecule has 6 nitrogen and oxygen atoms in total. The number of fused-ring (bicyclic) bond motifs is 1. The van der Waals surface area contributed by atoms with Crippen LogP contribution in [0.4, 0.5) is 18.0 Å². The van der Waals surface area contributed by atoms with E-state index in [1.807, 2.05) is 0 Å². The van der Waals surface area contributed by atoms with E-state index in [1.54, 1.807) is 20.8 Å². The predicted molar refractivity (Wildman–Crippen MR) is 66.0 cm³/mol. The van der Waals surface area contributed by atoms with Crippen molar-refractivity contribution in [3.8, 4) is 5.75 Å². The van der Waals surface area contributed by atoms with Gasteiger partial charge in [-0.3, -0.25) is 0 Å². The Labute approximate surface area is 122 Å². The summed E-state index contributed by atoms with van der Waals surface area (Å²) in [5.74, 6) is -1.61. The van der Waals surface area contributed by atoms with Gasteiger partial charge in [0.2, 0.25) is 0 Å². The van der Waals surface area contributed by atoms with E-state index < -0.39 is 29.7 Å². The molecule has 0 saturated heterocycles. The smallest absolute Gasteiger partial charge is 0.456 e. The first-order valence-corrected chi connectivity index (χ1v) is 6.09. The number of alkyl halides is 3. The lowest BCUT2D eigenvalue weighted by molar-refractivity contribution is -0.274. The Kier molecular flexibility index (Phi) is 3.68. The van der Waals surface area contributed by atoms with E-state index in [9.17, 15) is 22.8 Å². The molecule has 2 rings (SSSR count). The summed E-state index contributed by atoms with van der Waals surface area (Å²) in [6, 6.07) is 0.785.